The smallest absolute Gasteiger partial charge is 0.326 e. The molecule has 0 spiro atoms. The molecule has 21 heavy (non-hydrogen) atoms. The van der Waals surface area contributed by atoms with E-state index in [9.17, 15) is 14.7 Å². The fourth-order valence-electron chi connectivity index (χ4n) is 2.03. The number of carboxylic acids is 1. The molecule has 0 saturated heterocycles. The van der Waals surface area contributed by atoms with Gasteiger partial charge in [0.2, 0.25) is 0 Å². The van der Waals surface area contributed by atoms with E-state index >= 15 is 0 Å². The summed E-state index contributed by atoms with van der Waals surface area (Å²) in [6.07, 6.45) is 0.693. The normalized spacial score (nSPS) is 13.8. The summed E-state index contributed by atoms with van der Waals surface area (Å²) in [4.78, 5) is 25.4. The van der Waals surface area contributed by atoms with Gasteiger partial charge in [0.25, 0.3) is 5.91 Å². The van der Waals surface area contributed by atoms with Gasteiger partial charge >= 0.3 is 5.97 Å². The average Bonchev–Trinajstić information content (AvgIpc) is 2.43. The number of hydrogen-bond donors (Lipinski definition) is 2. The Morgan fingerprint density at radius 1 is 1.24 bits per heavy atom. The van der Waals surface area contributed by atoms with E-state index in [2.05, 4.69) is 5.32 Å². The highest BCUT2D eigenvalue weighted by molar-refractivity contribution is 5.96. The number of rotatable bonds is 7. The molecule has 0 radical (unpaired) electrons. The number of carbonyl (C=O) groups excluding carboxylic acids is 1. The summed E-state index contributed by atoms with van der Waals surface area (Å²) in [6, 6.07) is 6.36. The molecule has 1 aromatic rings. The molecule has 2 atom stereocenters. The van der Waals surface area contributed by atoms with Crippen molar-refractivity contribution in [2.45, 2.75) is 32.9 Å². The molecule has 0 aliphatic rings. The predicted molar refractivity (Wildman–Crippen MR) is 82.2 cm³/mol. The zero-order chi connectivity index (χ0) is 16.0. The lowest BCUT2D eigenvalue weighted by atomic mass is 9.99. The SMILES string of the molecule is CC[C@H](C)[C@H](NC(=O)c1ccc(CN(C)C)cc1)C(=O)O. The first-order valence-corrected chi connectivity index (χ1v) is 7.12. The number of benzene rings is 1. The summed E-state index contributed by atoms with van der Waals surface area (Å²) >= 11 is 0. The van der Waals surface area contributed by atoms with E-state index in [-0.39, 0.29) is 11.8 Å². The third kappa shape index (κ3) is 5.19. The Kier molecular flexibility index (Phi) is 6.37. The highest BCUT2D eigenvalue weighted by Gasteiger charge is 2.25. The summed E-state index contributed by atoms with van der Waals surface area (Å²) in [5.41, 5.74) is 1.58. The minimum Gasteiger partial charge on any atom is -0.480 e. The Bertz CT molecular complexity index is 483. The number of nitrogens with one attached hydrogen (secondary N) is 1. The standard InChI is InChI=1S/C16H24N2O3/c1-5-11(2)14(16(20)21)17-15(19)13-8-6-12(7-9-13)10-18(3)4/h6-9,11,14H,5,10H2,1-4H3,(H,17,19)(H,20,21)/t11-,14-/m0/s1. The van der Waals surface area contributed by atoms with Crippen molar-refractivity contribution in [2.24, 2.45) is 5.92 Å². The Hall–Kier alpha value is -1.88. The van der Waals surface area contributed by atoms with Crippen LogP contribution >= 0.6 is 0 Å². The predicted octanol–water partition coefficient (Wildman–Crippen LogP) is 1.98. The van der Waals surface area contributed by atoms with Gasteiger partial charge in [0.1, 0.15) is 6.04 Å². The van der Waals surface area contributed by atoms with Crippen molar-refractivity contribution in [3.05, 3.63) is 35.4 Å². The summed E-state index contributed by atoms with van der Waals surface area (Å²) in [7, 11) is 3.95. The first-order chi connectivity index (χ1) is 9.85. The third-order valence-electron chi connectivity index (χ3n) is 3.48. The second-order valence-corrected chi connectivity index (χ2v) is 5.61. The third-order valence-corrected chi connectivity index (χ3v) is 3.48. The number of nitrogens with zero attached hydrogens (tertiary/aromatic N) is 1. The first kappa shape index (κ1) is 17.2. The number of carbonyl (C=O) groups is 2. The lowest BCUT2D eigenvalue weighted by Crippen LogP contribution is -2.45. The molecule has 0 fully saturated rings. The lowest BCUT2D eigenvalue weighted by Gasteiger charge is -2.20. The Morgan fingerprint density at radius 3 is 2.24 bits per heavy atom. The number of hydrogen-bond acceptors (Lipinski definition) is 3. The van der Waals surface area contributed by atoms with E-state index in [0.29, 0.717) is 12.0 Å². The van der Waals surface area contributed by atoms with Gasteiger partial charge in [0.05, 0.1) is 0 Å². The molecule has 0 aliphatic carbocycles. The summed E-state index contributed by atoms with van der Waals surface area (Å²) in [6.45, 7) is 4.52. The Labute approximate surface area is 126 Å². The van der Waals surface area contributed by atoms with Crippen LogP contribution in [0.5, 0.6) is 0 Å². The number of aliphatic carboxylic acids is 1. The second kappa shape index (κ2) is 7.78. The maximum Gasteiger partial charge on any atom is 0.326 e. The van der Waals surface area contributed by atoms with Gasteiger partial charge in [0, 0.05) is 12.1 Å². The van der Waals surface area contributed by atoms with Gasteiger partial charge in [-0.05, 0) is 37.7 Å². The lowest BCUT2D eigenvalue weighted by molar-refractivity contribution is -0.140. The molecule has 1 rings (SSSR count). The van der Waals surface area contributed by atoms with Crippen LogP contribution in [0.1, 0.15) is 36.2 Å². The van der Waals surface area contributed by atoms with E-state index < -0.39 is 12.0 Å². The van der Waals surface area contributed by atoms with Crippen LogP contribution in [0.25, 0.3) is 0 Å². The maximum atomic E-state index is 12.1. The van der Waals surface area contributed by atoms with Gasteiger partial charge in [-0.1, -0.05) is 32.4 Å². The number of carboxylic acid groups (broad SMARTS) is 1. The molecule has 0 bridgehead atoms. The van der Waals surface area contributed by atoms with E-state index in [1.165, 1.54) is 0 Å². The van der Waals surface area contributed by atoms with Crippen LogP contribution in [0.15, 0.2) is 24.3 Å². The van der Waals surface area contributed by atoms with E-state index in [1.54, 1.807) is 12.1 Å². The monoisotopic (exact) mass is 292 g/mol. The molecule has 0 aliphatic heterocycles. The van der Waals surface area contributed by atoms with Gasteiger partial charge in [-0.25, -0.2) is 4.79 Å². The van der Waals surface area contributed by atoms with Crippen LogP contribution in [-0.2, 0) is 11.3 Å². The second-order valence-electron chi connectivity index (χ2n) is 5.61. The van der Waals surface area contributed by atoms with E-state index in [0.717, 1.165) is 12.1 Å². The van der Waals surface area contributed by atoms with Gasteiger partial charge in [0.15, 0.2) is 0 Å². The molecular weight excluding hydrogens is 268 g/mol. The summed E-state index contributed by atoms with van der Waals surface area (Å²) in [5.74, 6) is -1.46. The maximum absolute atomic E-state index is 12.1. The van der Waals surface area contributed by atoms with Gasteiger partial charge < -0.3 is 15.3 Å². The van der Waals surface area contributed by atoms with Crippen LogP contribution in [0.2, 0.25) is 0 Å². The van der Waals surface area contributed by atoms with Crippen molar-refractivity contribution >= 4 is 11.9 Å². The van der Waals surface area contributed by atoms with Crippen molar-refractivity contribution in [1.82, 2.24) is 10.2 Å². The van der Waals surface area contributed by atoms with Crippen molar-refractivity contribution in [2.75, 3.05) is 14.1 Å². The molecule has 0 heterocycles. The van der Waals surface area contributed by atoms with Crippen LogP contribution in [0.3, 0.4) is 0 Å². The Balaban J connectivity index is 2.76. The van der Waals surface area contributed by atoms with Crippen LogP contribution in [-0.4, -0.2) is 42.0 Å². The molecule has 1 amide bonds. The van der Waals surface area contributed by atoms with Crippen molar-refractivity contribution < 1.29 is 14.7 Å². The van der Waals surface area contributed by atoms with Crippen molar-refractivity contribution in [3.8, 4) is 0 Å². The molecule has 0 unspecified atom stereocenters. The Morgan fingerprint density at radius 2 is 1.81 bits per heavy atom. The molecule has 5 nitrogen and oxygen atoms in total. The first-order valence-electron chi connectivity index (χ1n) is 7.12. The van der Waals surface area contributed by atoms with Crippen LogP contribution in [0, 0.1) is 5.92 Å². The average molecular weight is 292 g/mol. The van der Waals surface area contributed by atoms with Gasteiger partial charge in [-0.15, -0.1) is 0 Å². The molecule has 5 heteroatoms. The minimum atomic E-state index is -0.998. The van der Waals surface area contributed by atoms with Crippen LogP contribution < -0.4 is 5.32 Å². The molecule has 0 saturated carbocycles. The van der Waals surface area contributed by atoms with Crippen molar-refractivity contribution in [3.63, 3.8) is 0 Å². The molecule has 1 aromatic carbocycles. The summed E-state index contributed by atoms with van der Waals surface area (Å²) < 4.78 is 0. The number of amides is 1. The largest absolute Gasteiger partial charge is 0.480 e. The molecule has 0 aromatic heterocycles. The zero-order valence-corrected chi connectivity index (χ0v) is 13.1. The molecule has 2 N–H and O–H groups in total. The zero-order valence-electron chi connectivity index (χ0n) is 13.1. The van der Waals surface area contributed by atoms with Crippen molar-refractivity contribution in [1.29, 1.82) is 0 Å². The van der Waals surface area contributed by atoms with E-state index in [1.807, 2.05) is 45.0 Å². The summed E-state index contributed by atoms with van der Waals surface area (Å²) in [5, 5.41) is 11.8. The fourth-order valence-corrected chi connectivity index (χ4v) is 2.03. The molecular formula is C16H24N2O3. The van der Waals surface area contributed by atoms with Crippen LogP contribution in [0.4, 0.5) is 0 Å². The molecule has 116 valence electrons. The topological polar surface area (TPSA) is 69.6 Å². The van der Waals surface area contributed by atoms with Gasteiger partial charge in [-0.3, -0.25) is 4.79 Å². The highest BCUT2D eigenvalue weighted by atomic mass is 16.4. The quantitative estimate of drug-likeness (QED) is 0.806. The fraction of sp³-hybridized carbons (Fsp3) is 0.500. The minimum absolute atomic E-state index is 0.112. The highest BCUT2D eigenvalue weighted by Crippen LogP contribution is 2.11. The van der Waals surface area contributed by atoms with E-state index in [4.69, 9.17) is 0 Å². The van der Waals surface area contributed by atoms with Gasteiger partial charge in [-0.2, -0.15) is 0 Å².